The maximum atomic E-state index is 11.0. The van der Waals surface area contributed by atoms with Gasteiger partial charge in [-0.3, -0.25) is 9.59 Å². The quantitative estimate of drug-likeness (QED) is 0.614. The molecular weight excluding hydrogens is 142 g/mol. The fourth-order valence-electron chi connectivity index (χ4n) is 1.05. The Kier molecular flexibility index (Phi) is 3.23. The number of nitrogens with one attached hydrogen (secondary N) is 1. The third-order valence-corrected chi connectivity index (χ3v) is 1.51. The van der Waals surface area contributed by atoms with Crippen molar-refractivity contribution in [2.24, 2.45) is 5.41 Å². The van der Waals surface area contributed by atoms with Gasteiger partial charge in [-0.05, 0) is 12.3 Å². The zero-order chi connectivity index (χ0) is 9.07. The van der Waals surface area contributed by atoms with E-state index >= 15 is 0 Å². The molecule has 0 aliphatic rings. The van der Waals surface area contributed by atoms with Gasteiger partial charge in [0.25, 0.3) is 0 Å². The SMILES string of the molecule is CC(=O)[C@@H](NC=O)C(C)(C)C. The highest BCUT2D eigenvalue weighted by Crippen LogP contribution is 2.19. The molecule has 1 amide bonds. The Labute approximate surface area is 67.2 Å². The topological polar surface area (TPSA) is 46.2 Å². The summed E-state index contributed by atoms with van der Waals surface area (Å²) < 4.78 is 0. The highest BCUT2D eigenvalue weighted by Gasteiger charge is 2.27. The smallest absolute Gasteiger partial charge is 0.207 e. The normalized spacial score (nSPS) is 13.8. The molecule has 0 saturated heterocycles. The van der Waals surface area contributed by atoms with Crippen molar-refractivity contribution in [2.45, 2.75) is 33.7 Å². The molecular formula is C8H15NO2. The van der Waals surface area contributed by atoms with Crippen molar-refractivity contribution >= 4 is 12.2 Å². The number of amides is 1. The van der Waals surface area contributed by atoms with Crippen LogP contribution in [-0.4, -0.2) is 18.2 Å². The molecule has 1 N–H and O–H groups in total. The van der Waals surface area contributed by atoms with Crippen LogP contribution in [0.15, 0.2) is 0 Å². The Bertz CT molecular complexity index is 158. The van der Waals surface area contributed by atoms with Crippen LogP contribution in [0.1, 0.15) is 27.7 Å². The minimum atomic E-state index is -0.375. The van der Waals surface area contributed by atoms with E-state index in [1.165, 1.54) is 6.92 Å². The van der Waals surface area contributed by atoms with Gasteiger partial charge in [0.15, 0.2) is 5.78 Å². The Hall–Kier alpha value is -0.860. The van der Waals surface area contributed by atoms with Crippen molar-refractivity contribution in [1.29, 1.82) is 0 Å². The summed E-state index contributed by atoms with van der Waals surface area (Å²) in [4.78, 5) is 21.1. The lowest BCUT2D eigenvalue weighted by atomic mass is 9.85. The second-order valence-electron chi connectivity index (χ2n) is 3.69. The van der Waals surface area contributed by atoms with Gasteiger partial charge in [0, 0.05) is 0 Å². The number of carbonyl (C=O) groups is 2. The van der Waals surface area contributed by atoms with E-state index in [-0.39, 0.29) is 17.2 Å². The lowest BCUT2D eigenvalue weighted by Gasteiger charge is -2.27. The first kappa shape index (κ1) is 10.1. The van der Waals surface area contributed by atoms with Crippen molar-refractivity contribution in [1.82, 2.24) is 5.32 Å². The molecule has 0 aromatic carbocycles. The molecule has 11 heavy (non-hydrogen) atoms. The number of ketones is 1. The summed E-state index contributed by atoms with van der Waals surface area (Å²) in [5, 5.41) is 2.49. The van der Waals surface area contributed by atoms with Gasteiger partial charge < -0.3 is 5.32 Å². The Balaban J connectivity index is 4.34. The first-order chi connectivity index (χ1) is 4.89. The minimum Gasteiger partial charge on any atom is -0.348 e. The highest BCUT2D eigenvalue weighted by molar-refractivity contribution is 5.84. The molecule has 0 rings (SSSR count). The Morgan fingerprint density at radius 2 is 1.91 bits per heavy atom. The van der Waals surface area contributed by atoms with Gasteiger partial charge >= 0.3 is 0 Å². The lowest BCUT2D eigenvalue weighted by Crippen LogP contribution is -2.44. The van der Waals surface area contributed by atoms with E-state index in [0.717, 1.165) is 0 Å². The van der Waals surface area contributed by atoms with Gasteiger partial charge in [-0.1, -0.05) is 20.8 Å². The van der Waals surface area contributed by atoms with Crippen LogP contribution in [0.5, 0.6) is 0 Å². The van der Waals surface area contributed by atoms with Crippen LogP contribution in [-0.2, 0) is 9.59 Å². The Morgan fingerprint density at radius 1 is 1.45 bits per heavy atom. The molecule has 0 aliphatic carbocycles. The zero-order valence-corrected chi connectivity index (χ0v) is 7.47. The summed E-state index contributed by atoms with van der Waals surface area (Å²) in [6.07, 6.45) is 0.567. The lowest BCUT2D eigenvalue weighted by molar-refractivity contribution is -0.124. The van der Waals surface area contributed by atoms with Crippen LogP contribution < -0.4 is 5.32 Å². The number of carbonyl (C=O) groups excluding carboxylic acids is 2. The van der Waals surface area contributed by atoms with Crippen LogP contribution in [0.4, 0.5) is 0 Å². The molecule has 1 atom stereocenters. The molecule has 0 radical (unpaired) electrons. The van der Waals surface area contributed by atoms with Crippen molar-refractivity contribution in [3.8, 4) is 0 Å². The third kappa shape index (κ3) is 3.16. The second-order valence-corrected chi connectivity index (χ2v) is 3.69. The van der Waals surface area contributed by atoms with Crippen molar-refractivity contribution in [3.05, 3.63) is 0 Å². The van der Waals surface area contributed by atoms with E-state index in [2.05, 4.69) is 5.32 Å². The average molecular weight is 157 g/mol. The molecule has 0 aromatic heterocycles. The van der Waals surface area contributed by atoms with Gasteiger partial charge in [0.05, 0.1) is 6.04 Å². The van der Waals surface area contributed by atoms with Gasteiger partial charge in [-0.15, -0.1) is 0 Å². The van der Waals surface area contributed by atoms with E-state index in [9.17, 15) is 9.59 Å². The number of Topliss-reactive ketones (excluding diaryl/α,β-unsaturated/α-hetero) is 1. The molecule has 0 aromatic rings. The summed E-state index contributed by atoms with van der Waals surface area (Å²) in [5.41, 5.74) is -0.202. The number of rotatable bonds is 3. The molecule has 0 heterocycles. The summed E-state index contributed by atoms with van der Waals surface area (Å²) in [6, 6.07) is -0.375. The first-order valence-corrected chi connectivity index (χ1v) is 3.59. The maximum absolute atomic E-state index is 11.0. The maximum Gasteiger partial charge on any atom is 0.207 e. The van der Waals surface area contributed by atoms with Crippen LogP contribution >= 0.6 is 0 Å². The van der Waals surface area contributed by atoms with Crippen molar-refractivity contribution in [2.75, 3.05) is 0 Å². The monoisotopic (exact) mass is 157 g/mol. The molecule has 64 valence electrons. The van der Waals surface area contributed by atoms with E-state index in [1.54, 1.807) is 0 Å². The molecule has 0 saturated carbocycles. The third-order valence-electron chi connectivity index (χ3n) is 1.51. The van der Waals surface area contributed by atoms with E-state index < -0.39 is 0 Å². The highest BCUT2D eigenvalue weighted by atomic mass is 16.1. The predicted molar refractivity (Wildman–Crippen MR) is 43.1 cm³/mol. The van der Waals surface area contributed by atoms with Crippen LogP contribution in [0, 0.1) is 5.41 Å². The molecule has 0 unspecified atom stereocenters. The van der Waals surface area contributed by atoms with E-state index in [4.69, 9.17) is 0 Å². The number of hydrogen-bond acceptors (Lipinski definition) is 2. The van der Waals surface area contributed by atoms with Crippen LogP contribution in [0.25, 0.3) is 0 Å². The van der Waals surface area contributed by atoms with Crippen molar-refractivity contribution in [3.63, 3.8) is 0 Å². The molecule has 3 nitrogen and oxygen atoms in total. The van der Waals surface area contributed by atoms with Crippen LogP contribution in [0.3, 0.4) is 0 Å². The van der Waals surface area contributed by atoms with Gasteiger partial charge in [0.2, 0.25) is 6.41 Å². The van der Waals surface area contributed by atoms with E-state index in [1.807, 2.05) is 20.8 Å². The van der Waals surface area contributed by atoms with Gasteiger partial charge in [0.1, 0.15) is 0 Å². The van der Waals surface area contributed by atoms with Crippen molar-refractivity contribution < 1.29 is 9.59 Å². The second kappa shape index (κ2) is 3.51. The first-order valence-electron chi connectivity index (χ1n) is 3.59. The number of hydrogen-bond donors (Lipinski definition) is 1. The zero-order valence-electron chi connectivity index (χ0n) is 7.47. The van der Waals surface area contributed by atoms with Gasteiger partial charge in [-0.25, -0.2) is 0 Å². The molecule has 0 aliphatic heterocycles. The fourth-order valence-corrected chi connectivity index (χ4v) is 1.05. The summed E-state index contributed by atoms with van der Waals surface area (Å²) >= 11 is 0. The molecule has 3 heteroatoms. The van der Waals surface area contributed by atoms with Crippen LogP contribution in [0.2, 0.25) is 0 Å². The Morgan fingerprint density at radius 3 is 2.00 bits per heavy atom. The molecule has 0 bridgehead atoms. The molecule has 0 spiro atoms. The molecule has 0 fully saturated rings. The summed E-state index contributed by atoms with van der Waals surface area (Å²) in [6.45, 7) is 7.22. The van der Waals surface area contributed by atoms with E-state index in [0.29, 0.717) is 6.41 Å². The minimum absolute atomic E-state index is 0.00963. The average Bonchev–Trinajstić information content (AvgIpc) is 1.79. The fraction of sp³-hybridized carbons (Fsp3) is 0.750. The summed E-state index contributed by atoms with van der Waals surface area (Å²) in [7, 11) is 0. The van der Waals surface area contributed by atoms with Gasteiger partial charge in [-0.2, -0.15) is 0 Å². The summed E-state index contributed by atoms with van der Waals surface area (Å²) in [5.74, 6) is -0.00963. The predicted octanol–water partition coefficient (Wildman–Crippen LogP) is 0.736. The standard InChI is InChI=1S/C8H15NO2/c1-6(11)7(9-5-10)8(2,3)4/h5,7H,1-4H3,(H,9,10)/t7-/m1/s1. The largest absolute Gasteiger partial charge is 0.348 e.